The predicted octanol–water partition coefficient (Wildman–Crippen LogP) is 2.19. The van der Waals surface area contributed by atoms with Gasteiger partial charge in [0.15, 0.2) is 0 Å². The van der Waals surface area contributed by atoms with Crippen LogP contribution < -0.4 is 9.64 Å². The molecule has 3 aliphatic heterocycles. The van der Waals surface area contributed by atoms with Gasteiger partial charge in [-0.15, -0.1) is 11.8 Å². The van der Waals surface area contributed by atoms with Crippen molar-refractivity contribution in [2.45, 2.75) is 37.6 Å². The molecule has 3 fully saturated rings. The van der Waals surface area contributed by atoms with Crippen LogP contribution in [0.4, 0.5) is 5.69 Å². The van der Waals surface area contributed by atoms with E-state index in [1.807, 2.05) is 34.9 Å². The molecule has 3 saturated heterocycles. The monoisotopic (exact) mass is 389 g/mol. The first-order valence-electron chi connectivity index (χ1n) is 9.75. The van der Waals surface area contributed by atoms with Crippen LogP contribution in [0.25, 0.3) is 0 Å². The zero-order valence-electron chi connectivity index (χ0n) is 16.0. The number of carbonyl (C=O) groups is 2. The van der Waals surface area contributed by atoms with E-state index in [4.69, 9.17) is 4.74 Å². The van der Waals surface area contributed by atoms with Gasteiger partial charge in [0, 0.05) is 38.4 Å². The second-order valence-electron chi connectivity index (χ2n) is 7.48. The lowest BCUT2D eigenvalue weighted by atomic mass is 10.1. The summed E-state index contributed by atoms with van der Waals surface area (Å²) >= 11 is 1.75. The van der Waals surface area contributed by atoms with Crippen molar-refractivity contribution >= 4 is 29.3 Å². The van der Waals surface area contributed by atoms with Gasteiger partial charge in [-0.1, -0.05) is 12.1 Å². The number of anilines is 1. The Hall–Kier alpha value is -1.89. The number of rotatable bonds is 4. The number of ether oxygens (including phenoxy) is 1. The van der Waals surface area contributed by atoms with Crippen LogP contribution in [0.3, 0.4) is 0 Å². The smallest absolute Gasteiger partial charge is 0.246 e. The Labute approximate surface area is 164 Å². The highest BCUT2D eigenvalue weighted by atomic mass is 32.2. The number of fused-ring (bicyclic) bond motifs is 1. The number of benzene rings is 1. The van der Waals surface area contributed by atoms with E-state index >= 15 is 0 Å². The number of hydrogen-bond donors (Lipinski definition) is 0. The van der Waals surface area contributed by atoms with Gasteiger partial charge in [0.05, 0.1) is 17.2 Å². The van der Waals surface area contributed by atoms with E-state index in [2.05, 4.69) is 17.9 Å². The Morgan fingerprint density at radius 3 is 2.74 bits per heavy atom. The van der Waals surface area contributed by atoms with Crippen LogP contribution >= 0.6 is 11.8 Å². The molecule has 1 aromatic carbocycles. The summed E-state index contributed by atoms with van der Waals surface area (Å²) in [4.78, 5) is 31.3. The van der Waals surface area contributed by atoms with E-state index in [-0.39, 0.29) is 22.7 Å². The molecule has 27 heavy (non-hydrogen) atoms. The molecular formula is C20H27N3O3S. The average molecular weight is 390 g/mol. The van der Waals surface area contributed by atoms with E-state index in [0.29, 0.717) is 31.9 Å². The van der Waals surface area contributed by atoms with Crippen molar-refractivity contribution < 1.29 is 14.3 Å². The number of amides is 2. The number of para-hydroxylation sites is 2. The third-order valence-electron chi connectivity index (χ3n) is 5.83. The summed E-state index contributed by atoms with van der Waals surface area (Å²) in [5, 5.41) is 0. The first kappa shape index (κ1) is 18.5. The molecule has 1 aromatic rings. The van der Waals surface area contributed by atoms with Gasteiger partial charge < -0.3 is 19.4 Å². The van der Waals surface area contributed by atoms with Gasteiger partial charge in [0.1, 0.15) is 11.8 Å². The van der Waals surface area contributed by atoms with E-state index in [1.165, 1.54) is 0 Å². The maximum absolute atomic E-state index is 13.1. The lowest BCUT2D eigenvalue weighted by molar-refractivity contribution is -0.143. The van der Waals surface area contributed by atoms with Gasteiger partial charge in [-0.05, 0) is 32.4 Å². The van der Waals surface area contributed by atoms with E-state index in [1.54, 1.807) is 11.8 Å². The summed E-state index contributed by atoms with van der Waals surface area (Å²) < 4.78 is 5.75. The quantitative estimate of drug-likeness (QED) is 0.790. The third-order valence-corrected chi connectivity index (χ3v) is 7.33. The summed E-state index contributed by atoms with van der Waals surface area (Å²) in [5.74, 6) is 1.85. The molecular weight excluding hydrogens is 362 g/mol. The van der Waals surface area contributed by atoms with Crippen molar-refractivity contribution in [2.24, 2.45) is 0 Å². The fourth-order valence-corrected chi connectivity index (χ4v) is 5.80. The molecule has 7 heteroatoms. The van der Waals surface area contributed by atoms with E-state index in [9.17, 15) is 9.59 Å². The van der Waals surface area contributed by atoms with Crippen LogP contribution in [0.5, 0.6) is 5.75 Å². The maximum atomic E-state index is 13.1. The Bertz CT molecular complexity index is 735. The third kappa shape index (κ3) is 3.26. The Kier molecular flexibility index (Phi) is 4.97. The minimum atomic E-state index is -0.294. The fraction of sp³-hybridized carbons (Fsp3) is 0.600. The largest absolute Gasteiger partial charge is 0.492 e. The van der Waals surface area contributed by atoms with Gasteiger partial charge >= 0.3 is 0 Å². The Balaban J connectivity index is 1.41. The number of piperazine rings is 1. The molecule has 3 heterocycles. The SMILES string of the molecule is CCOc1ccccc1N1CCN(C(=O)C2CSC3(C)CCC(=O)N23)CC1. The summed E-state index contributed by atoms with van der Waals surface area (Å²) in [6, 6.07) is 7.77. The maximum Gasteiger partial charge on any atom is 0.246 e. The molecule has 0 N–H and O–H groups in total. The lowest BCUT2D eigenvalue weighted by Gasteiger charge is -2.39. The lowest BCUT2D eigenvalue weighted by Crippen LogP contribution is -2.56. The molecule has 0 aromatic heterocycles. The highest BCUT2D eigenvalue weighted by Crippen LogP contribution is 2.47. The average Bonchev–Trinajstić information content (AvgIpc) is 3.18. The van der Waals surface area contributed by atoms with Crippen molar-refractivity contribution in [3.63, 3.8) is 0 Å². The Morgan fingerprint density at radius 2 is 2.00 bits per heavy atom. The van der Waals surface area contributed by atoms with E-state index in [0.717, 1.165) is 30.9 Å². The molecule has 0 radical (unpaired) electrons. The number of nitrogens with zero attached hydrogens (tertiary/aromatic N) is 3. The number of carbonyl (C=O) groups excluding carboxylic acids is 2. The van der Waals surface area contributed by atoms with Gasteiger partial charge in [-0.25, -0.2) is 0 Å². The molecule has 2 amide bonds. The zero-order chi connectivity index (χ0) is 19.0. The van der Waals surface area contributed by atoms with E-state index < -0.39 is 0 Å². The fourth-order valence-electron chi connectivity index (χ4n) is 4.38. The summed E-state index contributed by atoms with van der Waals surface area (Å²) in [6.07, 6.45) is 1.41. The summed E-state index contributed by atoms with van der Waals surface area (Å²) in [7, 11) is 0. The topological polar surface area (TPSA) is 53.1 Å². The first-order chi connectivity index (χ1) is 13.0. The van der Waals surface area contributed by atoms with Crippen molar-refractivity contribution in [1.29, 1.82) is 0 Å². The predicted molar refractivity (Wildman–Crippen MR) is 107 cm³/mol. The van der Waals surface area contributed by atoms with Crippen LogP contribution in [0, 0.1) is 0 Å². The van der Waals surface area contributed by atoms with Gasteiger partial charge in [-0.3, -0.25) is 9.59 Å². The Morgan fingerprint density at radius 1 is 1.26 bits per heavy atom. The molecule has 4 rings (SSSR count). The van der Waals surface area contributed by atoms with Crippen LogP contribution in [-0.2, 0) is 9.59 Å². The van der Waals surface area contributed by atoms with Crippen LogP contribution in [0.2, 0.25) is 0 Å². The second-order valence-corrected chi connectivity index (χ2v) is 8.98. The minimum absolute atomic E-state index is 0.110. The molecule has 2 atom stereocenters. The number of thioether (sulfide) groups is 1. The standard InChI is InChI=1S/C20H27N3O3S/c1-3-26-17-7-5-4-6-15(17)21-10-12-22(13-11-21)19(25)16-14-27-20(2)9-8-18(24)23(16)20/h4-7,16H,3,8-14H2,1-2H3. The molecule has 0 spiro atoms. The normalized spacial score (nSPS) is 27.9. The second kappa shape index (κ2) is 7.26. The first-order valence-corrected chi connectivity index (χ1v) is 10.7. The highest BCUT2D eigenvalue weighted by molar-refractivity contribution is 8.01. The van der Waals surface area contributed by atoms with Crippen LogP contribution in [0.1, 0.15) is 26.7 Å². The van der Waals surface area contributed by atoms with Crippen LogP contribution in [-0.4, -0.2) is 71.1 Å². The molecule has 146 valence electrons. The molecule has 0 saturated carbocycles. The molecule has 6 nitrogen and oxygen atoms in total. The molecule has 2 unspecified atom stereocenters. The number of hydrogen-bond acceptors (Lipinski definition) is 5. The zero-order valence-corrected chi connectivity index (χ0v) is 16.8. The molecule has 0 aliphatic carbocycles. The summed E-state index contributed by atoms with van der Waals surface area (Å²) in [5.41, 5.74) is 1.09. The van der Waals surface area contributed by atoms with Gasteiger partial charge in [-0.2, -0.15) is 0 Å². The van der Waals surface area contributed by atoms with Crippen molar-refractivity contribution in [3.05, 3.63) is 24.3 Å². The van der Waals surface area contributed by atoms with Crippen molar-refractivity contribution in [1.82, 2.24) is 9.80 Å². The minimum Gasteiger partial charge on any atom is -0.492 e. The van der Waals surface area contributed by atoms with Crippen molar-refractivity contribution in [2.75, 3.05) is 43.4 Å². The van der Waals surface area contributed by atoms with Crippen molar-refractivity contribution in [3.8, 4) is 5.75 Å². The summed E-state index contributed by atoms with van der Waals surface area (Å²) in [6.45, 7) is 7.64. The molecule has 0 bridgehead atoms. The van der Waals surface area contributed by atoms with Gasteiger partial charge in [0.2, 0.25) is 11.8 Å². The van der Waals surface area contributed by atoms with Gasteiger partial charge in [0.25, 0.3) is 0 Å². The van der Waals surface area contributed by atoms with Crippen LogP contribution in [0.15, 0.2) is 24.3 Å². The molecule has 3 aliphatic rings. The highest BCUT2D eigenvalue weighted by Gasteiger charge is 2.53.